The van der Waals surface area contributed by atoms with Crippen molar-refractivity contribution in [3.8, 4) is 0 Å². The predicted molar refractivity (Wildman–Crippen MR) is 74.6 cm³/mol. The molecule has 102 valence electrons. The summed E-state index contributed by atoms with van der Waals surface area (Å²) in [4.78, 5) is 0. The third-order valence-corrected chi connectivity index (χ3v) is 3.09. The largest absolute Gasteiger partial charge is 0.383 e. The Bertz CT molecular complexity index is 516. The van der Waals surface area contributed by atoms with Crippen molar-refractivity contribution in [3.05, 3.63) is 40.1 Å². The summed E-state index contributed by atoms with van der Waals surface area (Å²) in [6, 6.07) is 8.11. The van der Waals surface area contributed by atoms with Crippen LogP contribution >= 0.6 is 15.9 Å². The number of halogens is 1. The Kier molecular flexibility index (Phi) is 5.44. The van der Waals surface area contributed by atoms with Crippen molar-refractivity contribution < 1.29 is 4.74 Å². The van der Waals surface area contributed by atoms with Gasteiger partial charge in [-0.15, -0.1) is 5.10 Å². The highest BCUT2D eigenvalue weighted by Gasteiger charge is 2.06. The molecule has 0 atom stereocenters. The summed E-state index contributed by atoms with van der Waals surface area (Å²) in [7, 11) is 1.68. The number of nitrogens with one attached hydrogen (secondary N) is 1. The molecule has 0 aliphatic rings. The average molecular weight is 326 g/mol. The number of rotatable bonds is 7. The average Bonchev–Trinajstić information content (AvgIpc) is 2.82. The lowest BCUT2D eigenvalue weighted by Crippen LogP contribution is -2.21. The third-order valence-electron chi connectivity index (χ3n) is 2.59. The van der Waals surface area contributed by atoms with Crippen molar-refractivity contribution in [2.24, 2.45) is 0 Å². The standard InChI is InChI=1S/C12H16BrN5O/c1-19-6-5-14-8-12-15-16-17-18(12)9-10-3-2-4-11(13)7-10/h2-4,7,14H,5-6,8-9H2,1H3. The molecule has 0 aliphatic heterocycles. The summed E-state index contributed by atoms with van der Waals surface area (Å²) in [5, 5.41) is 15.0. The van der Waals surface area contributed by atoms with Gasteiger partial charge in [0.05, 0.1) is 19.7 Å². The summed E-state index contributed by atoms with van der Waals surface area (Å²) in [5.74, 6) is 0.816. The second kappa shape index (κ2) is 7.32. The second-order valence-corrected chi connectivity index (χ2v) is 4.97. The van der Waals surface area contributed by atoms with Crippen LogP contribution in [0, 0.1) is 0 Å². The quantitative estimate of drug-likeness (QED) is 0.775. The van der Waals surface area contributed by atoms with Crippen molar-refractivity contribution in [1.82, 2.24) is 25.5 Å². The van der Waals surface area contributed by atoms with Gasteiger partial charge in [0, 0.05) is 18.1 Å². The molecule has 0 amide bonds. The lowest BCUT2D eigenvalue weighted by atomic mass is 10.2. The van der Waals surface area contributed by atoms with Crippen LogP contribution in [0.5, 0.6) is 0 Å². The van der Waals surface area contributed by atoms with Gasteiger partial charge >= 0.3 is 0 Å². The second-order valence-electron chi connectivity index (χ2n) is 4.05. The van der Waals surface area contributed by atoms with Gasteiger partial charge in [-0.3, -0.25) is 0 Å². The number of hydrogen-bond acceptors (Lipinski definition) is 5. The van der Waals surface area contributed by atoms with E-state index in [4.69, 9.17) is 4.74 Å². The smallest absolute Gasteiger partial charge is 0.165 e. The van der Waals surface area contributed by atoms with Gasteiger partial charge in [-0.05, 0) is 28.1 Å². The normalized spacial score (nSPS) is 10.8. The molecule has 0 unspecified atom stereocenters. The molecule has 1 aromatic heterocycles. The highest BCUT2D eigenvalue weighted by atomic mass is 79.9. The van der Waals surface area contributed by atoms with E-state index in [-0.39, 0.29) is 0 Å². The van der Waals surface area contributed by atoms with Crippen molar-refractivity contribution in [2.75, 3.05) is 20.3 Å². The molecule has 0 saturated carbocycles. The fourth-order valence-electron chi connectivity index (χ4n) is 1.66. The van der Waals surface area contributed by atoms with Gasteiger partial charge in [-0.2, -0.15) is 0 Å². The van der Waals surface area contributed by atoms with E-state index in [0.29, 0.717) is 19.7 Å². The molecule has 6 nitrogen and oxygen atoms in total. The van der Waals surface area contributed by atoms with Gasteiger partial charge in [-0.25, -0.2) is 4.68 Å². The summed E-state index contributed by atoms with van der Waals surface area (Å²) < 4.78 is 7.82. The minimum atomic E-state index is 0.629. The Morgan fingerprint density at radius 2 is 2.32 bits per heavy atom. The van der Waals surface area contributed by atoms with E-state index < -0.39 is 0 Å². The van der Waals surface area contributed by atoms with Crippen molar-refractivity contribution in [1.29, 1.82) is 0 Å². The van der Waals surface area contributed by atoms with Gasteiger partial charge < -0.3 is 10.1 Å². The first-order valence-corrected chi connectivity index (χ1v) is 6.78. The van der Waals surface area contributed by atoms with E-state index in [1.54, 1.807) is 11.8 Å². The van der Waals surface area contributed by atoms with Crippen LogP contribution in [-0.4, -0.2) is 40.5 Å². The first-order chi connectivity index (χ1) is 9.29. The monoisotopic (exact) mass is 325 g/mol. The highest BCUT2D eigenvalue weighted by molar-refractivity contribution is 9.10. The van der Waals surface area contributed by atoms with Gasteiger partial charge in [0.2, 0.25) is 0 Å². The Labute approximate surface area is 120 Å². The van der Waals surface area contributed by atoms with Crippen molar-refractivity contribution in [2.45, 2.75) is 13.1 Å². The highest BCUT2D eigenvalue weighted by Crippen LogP contribution is 2.12. The minimum absolute atomic E-state index is 0.629. The van der Waals surface area contributed by atoms with Crippen molar-refractivity contribution >= 4 is 15.9 Å². The van der Waals surface area contributed by atoms with Crippen LogP contribution in [0.1, 0.15) is 11.4 Å². The Morgan fingerprint density at radius 1 is 1.42 bits per heavy atom. The first kappa shape index (κ1) is 14.1. The molecule has 0 bridgehead atoms. The molecule has 19 heavy (non-hydrogen) atoms. The maximum absolute atomic E-state index is 4.97. The Balaban J connectivity index is 1.95. The maximum atomic E-state index is 4.97. The molecule has 1 N–H and O–H groups in total. The van der Waals surface area contributed by atoms with Crippen LogP contribution < -0.4 is 5.32 Å². The molecule has 0 spiro atoms. The SMILES string of the molecule is COCCNCc1nnnn1Cc1cccc(Br)c1. The van der Waals surface area contributed by atoms with E-state index in [1.807, 2.05) is 12.1 Å². The number of tetrazole rings is 1. The number of methoxy groups -OCH3 is 1. The maximum Gasteiger partial charge on any atom is 0.165 e. The van der Waals surface area contributed by atoms with E-state index in [0.717, 1.165) is 22.4 Å². The van der Waals surface area contributed by atoms with Crippen molar-refractivity contribution in [3.63, 3.8) is 0 Å². The van der Waals surface area contributed by atoms with Gasteiger partial charge in [-0.1, -0.05) is 28.1 Å². The van der Waals surface area contributed by atoms with Crippen LogP contribution in [-0.2, 0) is 17.8 Å². The van der Waals surface area contributed by atoms with Gasteiger partial charge in [0.25, 0.3) is 0 Å². The summed E-state index contributed by atoms with van der Waals surface area (Å²) in [5.41, 5.74) is 1.15. The van der Waals surface area contributed by atoms with Crippen LogP contribution in [0.3, 0.4) is 0 Å². The van der Waals surface area contributed by atoms with E-state index in [9.17, 15) is 0 Å². The molecule has 7 heteroatoms. The molecular formula is C12H16BrN5O. The molecule has 0 radical (unpaired) electrons. The van der Waals surface area contributed by atoms with E-state index in [2.05, 4.69) is 48.9 Å². The molecule has 0 fully saturated rings. The Hall–Kier alpha value is -1.31. The van der Waals surface area contributed by atoms with E-state index >= 15 is 0 Å². The minimum Gasteiger partial charge on any atom is -0.383 e. The first-order valence-electron chi connectivity index (χ1n) is 5.98. The number of benzene rings is 1. The third kappa shape index (κ3) is 4.38. The number of nitrogens with zero attached hydrogens (tertiary/aromatic N) is 4. The molecular weight excluding hydrogens is 310 g/mol. The zero-order valence-corrected chi connectivity index (χ0v) is 12.3. The topological polar surface area (TPSA) is 64.9 Å². The molecule has 2 aromatic rings. The van der Waals surface area contributed by atoms with Gasteiger partial charge in [0.15, 0.2) is 5.82 Å². The number of ether oxygens (including phenoxy) is 1. The lowest BCUT2D eigenvalue weighted by molar-refractivity contribution is 0.198. The lowest BCUT2D eigenvalue weighted by Gasteiger charge is -2.06. The van der Waals surface area contributed by atoms with Crippen LogP contribution in [0.4, 0.5) is 0 Å². The Morgan fingerprint density at radius 3 is 3.11 bits per heavy atom. The molecule has 2 rings (SSSR count). The summed E-state index contributed by atoms with van der Waals surface area (Å²) in [6.45, 7) is 2.74. The zero-order chi connectivity index (χ0) is 13.5. The summed E-state index contributed by atoms with van der Waals surface area (Å²) >= 11 is 3.46. The van der Waals surface area contributed by atoms with Crippen LogP contribution in [0.2, 0.25) is 0 Å². The fraction of sp³-hybridized carbons (Fsp3) is 0.417. The van der Waals surface area contributed by atoms with E-state index in [1.165, 1.54) is 0 Å². The fourth-order valence-corrected chi connectivity index (χ4v) is 2.10. The summed E-state index contributed by atoms with van der Waals surface area (Å²) in [6.07, 6.45) is 0. The molecule has 1 aromatic carbocycles. The number of aromatic nitrogens is 4. The molecule has 0 aliphatic carbocycles. The predicted octanol–water partition coefficient (Wildman–Crippen LogP) is 1.22. The van der Waals surface area contributed by atoms with Gasteiger partial charge in [0.1, 0.15) is 0 Å². The molecule has 1 heterocycles. The molecule has 0 saturated heterocycles. The zero-order valence-electron chi connectivity index (χ0n) is 10.7. The van der Waals surface area contributed by atoms with Crippen LogP contribution in [0.25, 0.3) is 0 Å². The number of hydrogen-bond donors (Lipinski definition) is 1. The van der Waals surface area contributed by atoms with Crippen LogP contribution in [0.15, 0.2) is 28.7 Å².